The van der Waals surface area contributed by atoms with E-state index in [-0.39, 0.29) is 0 Å². The van der Waals surface area contributed by atoms with E-state index in [2.05, 4.69) is 235 Å². The van der Waals surface area contributed by atoms with Gasteiger partial charge < -0.3 is 13.7 Å². The minimum Gasteiger partial charge on any atom is -0.309 e. The SMILES string of the molecule is Cc1ccc2c(c1)c1cc(C)ccc1n2-c1cccc(-c2cc(-c3nc(C)nc(C)n3)cc(-c3cccc(-n4c5ccc(C)cc5c5cc(C)ccc54)c3)c2-n2c3c(C)c(C)c(C)c(C)c3c3c(C)c(C)c(C)c(C)c32)c1. The second-order valence-corrected chi connectivity index (χ2v) is 22.3. The third-order valence-electron chi connectivity index (χ3n) is 17.4. The van der Waals surface area contributed by atoms with E-state index in [1.165, 1.54) is 132 Å². The lowest BCUT2D eigenvalue weighted by Gasteiger charge is -2.24. The van der Waals surface area contributed by atoms with Gasteiger partial charge in [0.05, 0.1) is 38.8 Å². The molecule has 77 heavy (non-hydrogen) atoms. The lowest BCUT2D eigenvalue weighted by atomic mass is 9.90. The van der Waals surface area contributed by atoms with Gasteiger partial charge in [0.15, 0.2) is 5.82 Å². The molecule has 378 valence electrons. The summed E-state index contributed by atoms with van der Waals surface area (Å²) in [4.78, 5) is 14.9. The Labute approximate surface area is 451 Å². The van der Waals surface area contributed by atoms with Crippen LogP contribution in [0.4, 0.5) is 0 Å². The van der Waals surface area contributed by atoms with Crippen LogP contribution in [0.2, 0.25) is 0 Å². The fraction of sp³-hybridized carbons (Fsp3) is 0.197. The van der Waals surface area contributed by atoms with Crippen LogP contribution < -0.4 is 0 Å². The van der Waals surface area contributed by atoms with E-state index in [0.717, 1.165) is 44.9 Å². The molecule has 4 heterocycles. The normalized spacial score (nSPS) is 12.0. The highest BCUT2D eigenvalue weighted by atomic mass is 15.0. The maximum Gasteiger partial charge on any atom is 0.163 e. The van der Waals surface area contributed by atoms with Crippen molar-refractivity contribution in [3.63, 3.8) is 0 Å². The number of rotatable bonds is 6. The first kappa shape index (κ1) is 48.1. The summed E-state index contributed by atoms with van der Waals surface area (Å²) in [7, 11) is 0. The summed E-state index contributed by atoms with van der Waals surface area (Å²) in [5, 5.41) is 7.67. The third kappa shape index (κ3) is 7.25. The molecule has 0 radical (unpaired) electrons. The van der Waals surface area contributed by atoms with Gasteiger partial charge in [-0.15, -0.1) is 0 Å². The molecule has 13 rings (SSSR count). The number of aromatic nitrogens is 6. The summed E-state index contributed by atoms with van der Waals surface area (Å²) in [6, 6.07) is 50.6. The van der Waals surface area contributed by atoms with E-state index < -0.39 is 0 Å². The summed E-state index contributed by atoms with van der Waals surface area (Å²) in [5.41, 5.74) is 31.3. The molecule has 0 spiro atoms. The standard InChI is InChI=1S/C71H64N6/c1-37-21-25-62-58(29-37)59-30-38(2)22-26-63(59)75(62)54-19-15-17-51(33-54)56-35-53(71-73-49(13)72-50(14)74-71)36-57(52-18-16-20-55(34-52)76-64-27-23-39(3)31-60(64)61-32-40(4)24-28-65(61)76)70(56)77-68-47(11)43(7)41(5)45(9)66(68)67-46(10)42(6)44(8)48(12)69(67)77/h15-36H,1-14H3. The number of benzene rings is 9. The Balaban J connectivity index is 1.22. The predicted molar refractivity (Wildman–Crippen MR) is 325 cm³/mol. The smallest absolute Gasteiger partial charge is 0.163 e. The third-order valence-corrected chi connectivity index (χ3v) is 17.4. The largest absolute Gasteiger partial charge is 0.309 e. The maximum absolute atomic E-state index is 5.10. The molecule has 0 saturated heterocycles. The molecule has 0 aliphatic heterocycles. The summed E-state index contributed by atoms with van der Waals surface area (Å²) in [5.74, 6) is 2.03. The molecule has 0 aliphatic carbocycles. The Morgan fingerprint density at radius 1 is 0.299 bits per heavy atom. The van der Waals surface area contributed by atoms with Gasteiger partial charge in [0.2, 0.25) is 0 Å². The van der Waals surface area contributed by atoms with Crippen LogP contribution in [0.3, 0.4) is 0 Å². The second kappa shape index (κ2) is 17.5. The van der Waals surface area contributed by atoms with Gasteiger partial charge in [-0.25, -0.2) is 15.0 Å². The highest BCUT2D eigenvalue weighted by Gasteiger charge is 2.29. The molecule has 0 atom stereocenters. The number of fused-ring (bicyclic) bond motifs is 9. The van der Waals surface area contributed by atoms with Gasteiger partial charge in [-0.3, -0.25) is 0 Å². The van der Waals surface area contributed by atoms with E-state index in [0.29, 0.717) is 17.5 Å². The van der Waals surface area contributed by atoms with Crippen LogP contribution in [0.1, 0.15) is 78.4 Å². The molecular weight excluding hydrogens is 937 g/mol. The monoisotopic (exact) mass is 1000 g/mol. The van der Waals surface area contributed by atoms with Crippen molar-refractivity contribution in [2.24, 2.45) is 0 Å². The molecule has 0 amide bonds. The van der Waals surface area contributed by atoms with Crippen molar-refractivity contribution in [1.82, 2.24) is 28.7 Å². The molecule has 0 aliphatic rings. The summed E-state index contributed by atoms with van der Waals surface area (Å²) >= 11 is 0. The minimum absolute atomic E-state index is 0.650. The van der Waals surface area contributed by atoms with Gasteiger partial charge in [0, 0.05) is 60.4 Å². The fourth-order valence-electron chi connectivity index (χ4n) is 13.0. The Kier molecular flexibility index (Phi) is 10.9. The summed E-state index contributed by atoms with van der Waals surface area (Å²) in [6.45, 7) is 31.3. The highest BCUT2D eigenvalue weighted by molar-refractivity contribution is 6.17. The second-order valence-electron chi connectivity index (χ2n) is 22.3. The molecule has 4 aromatic heterocycles. The fourth-order valence-corrected chi connectivity index (χ4v) is 13.0. The molecule has 0 unspecified atom stereocenters. The van der Waals surface area contributed by atoms with Crippen LogP contribution in [-0.4, -0.2) is 28.7 Å². The Hall–Kier alpha value is -8.61. The van der Waals surface area contributed by atoms with Crippen molar-refractivity contribution < 1.29 is 0 Å². The molecule has 0 bridgehead atoms. The number of hydrogen-bond acceptors (Lipinski definition) is 3. The van der Waals surface area contributed by atoms with E-state index >= 15 is 0 Å². The Morgan fingerprint density at radius 2 is 0.649 bits per heavy atom. The molecule has 0 N–H and O–H groups in total. The van der Waals surface area contributed by atoms with Gasteiger partial charge in [-0.1, -0.05) is 70.8 Å². The first-order valence-electron chi connectivity index (χ1n) is 27.1. The highest BCUT2D eigenvalue weighted by Crippen LogP contribution is 2.49. The van der Waals surface area contributed by atoms with Crippen molar-refractivity contribution in [3.05, 3.63) is 212 Å². The van der Waals surface area contributed by atoms with Gasteiger partial charge in [0.1, 0.15) is 11.6 Å². The Morgan fingerprint density at radius 3 is 1.01 bits per heavy atom. The van der Waals surface area contributed by atoms with Crippen LogP contribution >= 0.6 is 0 Å². The average molecular weight is 1000 g/mol. The van der Waals surface area contributed by atoms with Gasteiger partial charge in [0.25, 0.3) is 0 Å². The number of aryl methyl sites for hydroxylation is 10. The van der Waals surface area contributed by atoms with Crippen molar-refractivity contribution >= 4 is 65.4 Å². The van der Waals surface area contributed by atoms with E-state index in [9.17, 15) is 0 Å². The van der Waals surface area contributed by atoms with Gasteiger partial charge in [-0.2, -0.15) is 0 Å². The molecule has 0 saturated carbocycles. The van der Waals surface area contributed by atoms with Crippen LogP contribution in [0, 0.1) is 96.9 Å². The van der Waals surface area contributed by atoms with Gasteiger partial charge >= 0.3 is 0 Å². The predicted octanol–water partition coefficient (Wildman–Crippen LogP) is 18.5. The first-order chi connectivity index (χ1) is 37.0. The summed E-state index contributed by atoms with van der Waals surface area (Å²) in [6.07, 6.45) is 0. The van der Waals surface area contributed by atoms with E-state index in [4.69, 9.17) is 9.97 Å². The van der Waals surface area contributed by atoms with Crippen molar-refractivity contribution in [2.45, 2.75) is 96.9 Å². The number of hydrogen-bond donors (Lipinski definition) is 0. The van der Waals surface area contributed by atoms with Crippen LogP contribution in [-0.2, 0) is 0 Å². The first-order valence-corrected chi connectivity index (χ1v) is 27.1. The molecule has 6 heteroatoms. The lowest BCUT2D eigenvalue weighted by Crippen LogP contribution is -2.07. The zero-order valence-electron chi connectivity index (χ0n) is 46.9. The van der Waals surface area contributed by atoms with Crippen LogP contribution in [0.25, 0.3) is 116 Å². The topological polar surface area (TPSA) is 53.5 Å². The maximum atomic E-state index is 5.10. The molecule has 9 aromatic carbocycles. The van der Waals surface area contributed by atoms with E-state index in [1.807, 2.05) is 13.8 Å². The van der Waals surface area contributed by atoms with Crippen LogP contribution in [0.5, 0.6) is 0 Å². The average Bonchev–Trinajstić information content (AvgIpc) is 4.25. The zero-order chi connectivity index (χ0) is 53.6. The van der Waals surface area contributed by atoms with E-state index in [1.54, 1.807) is 0 Å². The van der Waals surface area contributed by atoms with Crippen molar-refractivity contribution in [1.29, 1.82) is 0 Å². The Bertz CT molecular complexity index is 4320. The zero-order valence-corrected chi connectivity index (χ0v) is 46.9. The van der Waals surface area contributed by atoms with Gasteiger partial charge in [-0.05, 0) is 237 Å². The quantitative estimate of drug-likeness (QED) is 0.167. The minimum atomic E-state index is 0.650. The molecule has 13 aromatic rings. The summed E-state index contributed by atoms with van der Waals surface area (Å²) < 4.78 is 7.58. The molecule has 6 nitrogen and oxygen atoms in total. The molecule has 0 fully saturated rings. The van der Waals surface area contributed by atoms with Crippen molar-refractivity contribution in [3.8, 4) is 50.7 Å². The number of nitrogens with zero attached hydrogens (tertiary/aromatic N) is 6. The molecular formula is C71H64N6. The lowest BCUT2D eigenvalue weighted by molar-refractivity contribution is 0.928. The van der Waals surface area contributed by atoms with Crippen LogP contribution in [0.15, 0.2) is 133 Å². The van der Waals surface area contributed by atoms with Crippen molar-refractivity contribution in [2.75, 3.05) is 0 Å².